The summed E-state index contributed by atoms with van der Waals surface area (Å²) < 4.78 is 8.64. The molecule has 0 amide bonds. The van der Waals surface area contributed by atoms with Crippen molar-refractivity contribution in [3.63, 3.8) is 0 Å². The molecule has 94 valence electrons. The van der Waals surface area contributed by atoms with Crippen molar-refractivity contribution in [1.82, 2.24) is 8.75 Å². The van der Waals surface area contributed by atoms with Gasteiger partial charge in [-0.1, -0.05) is 18.0 Å². The number of fused-ring (bicyclic) bond motifs is 3. The van der Waals surface area contributed by atoms with E-state index in [-0.39, 0.29) is 0 Å². The van der Waals surface area contributed by atoms with Crippen molar-refractivity contribution in [2.24, 2.45) is 11.8 Å². The quantitative estimate of drug-likeness (QED) is 0.905. The highest BCUT2D eigenvalue weighted by Gasteiger charge is 2.39. The molecule has 2 aromatic rings. The Morgan fingerprint density at radius 1 is 1.22 bits per heavy atom. The molecule has 3 atom stereocenters. The molecule has 1 heterocycles. The number of nitrogens with zero attached hydrogens (tertiary/aromatic N) is 2. The third kappa shape index (κ3) is 1.62. The third-order valence-corrected chi connectivity index (χ3v) is 5.30. The SMILES string of the molecule is Clc1ccc2nsnc2c1NC1CC2CCC1C2. The maximum atomic E-state index is 6.32. The maximum Gasteiger partial charge on any atom is 0.129 e. The van der Waals surface area contributed by atoms with Crippen LogP contribution in [0.25, 0.3) is 11.0 Å². The van der Waals surface area contributed by atoms with Crippen LogP contribution in [0.5, 0.6) is 0 Å². The van der Waals surface area contributed by atoms with Gasteiger partial charge >= 0.3 is 0 Å². The average molecular weight is 280 g/mol. The number of halogens is 1. The Labute approximate surface area is 115 Å². The smallest absolute Gasteiger partial charge is 0.129 e. The van der Waals surface area contributed by atoms with Gasteiger partial charge in [0, 0.05) is 6.04 Å². The molecule has 1 aromatic heterocycles. The number of benzene rings is 1. The lowest BCUT2D eigenvalue weighted by molar-refractivity contribution is 0.440. The number of nitrogens with one attached hydrogen (secondary N) is 1. The summed E-state index contributed by atoms with van der Waals surface area (Å²) in [6.45, 7) is 0. The molecule has 0 aliphatic heterocycles. The summed E-state index contributed by atoms with van der Waals surface area (Å²) in [5, 5.41) is 4.40. The second-order valence-electron chi connectivity index (χ2n) is 5.48. The number of hydrogen-bond donors (Lipinski definition) is 1. The molecule has 1 N–H and O–H groups in total. The molecule has 3 unspecified atom stereocenters. The van der Waals surface area contributed by atoms with Crippen molar-refractivity contribution in [3.8, 4) is 0 Å². The summed E-state index contributed by atoms with van der Waals surface area (Å²) in [5.74, 6) is 1.76. The number of rotatable bonds is 2. The lowest BCUT2D eigenvalue weighted by atomic mass is 9.95. The largest absolute Gasteiger partial charge is 0.379 e. The molecule has 3 nitrogen and oxygen atoms in total. The van der Waals surface area contributed by atoms with Gasteiger partial charge in [-0.15, -0.1) is 0 Å². The van der Waals surface area contributed by atoms with E-state index in [9.17, 15) is 0 Å². The zero-order chi connectivity index (χ0) is 12.1. The van der Waals surface area contributed by atoms with Crippen LogP contribution in [0, 0.1) is 11.8 Å². The first kappa shape index (κ1) is 11.0. The molecule has 0 saturated heterocycles. The fourth-order valence-electron chi connectivity index (χ4n) is 3.57. The van der Waals surface area contributed by atoms with E-state index in [2.05, 4.69) is 14.1 Å². The highest BCUT2D eigenvalue weighted by molar-refractivity contribution is 7.00. The lowest BCUT2D eigenvalue weighted by Gasteiger charge is -2.24. The predicted octanol–water partition coefficient (Wildman–Crippen LogP) is 3.95. The van der Waals surface area contributed by atoms with Crippen molar-refractivity contribution in [1.29, 1.82) is 0 Å². The Kier molecular flexibility index (Phi) is 2.49. The van der Waals surface area contributed by atoms with Gasteiger partial charge in [0.1, 0.15) is 11.0 Å². The number of anilines is 1. The number of hydrogen-bond acceptors (Lipinski definition) is 4. The van der Waals surface area contributed by atoms with Crippen molar-refractivity contribution < 1.29 is 0 Å². The van der Waals surface area contributed by atoms with E-state index in [1.165, 1.54) is 37.4 Å². The molecule has 2 aliphatic carbocycles. The van der Waals surface area contributed by atoms with Gasteiger partial charge < -0.3 is 5.32 Å². The fourth-order valence-corrected chi connectivity index (χ4v) is 4.32. The minimum absolute atomic E-state index is 0.577. The fraction of sp³-hybridized carbons (Fsp3) is 0.538. The average Bonchev–Trinajstić information content (AvgIpc) is 3.07. The third-order valence-electron chi connectivity index (χ3n) is 4.44. The maximum absolute atomic E-state index is 6.32. The van der Waals surface area contributed by atoms with Crippen LogP contribution < -0.4 is 5.32 Å². The zero-order valence-corrected chi connectivity index (χ0v) is 11.5. The molecule has 2 fully saturated rings. The van der Waals surface area contributed by atoms with E-state index in [0.29, 0.717) is 6.04 Å². The summed E-state index contributed by atoms with van der Waals surface area (Å²) >= 11 is 7.57. The Hall–Kier alpha value is -0.870. The molecule has 1 aromatic carbocycles. The monoisotopic (exact) mass is 279 g/mol. The van der Waals surface area contributed by atoms with Gasteiger partial charge in [0.25, 0.3) is 0 Å². The van der Waals surface area contributed by atoms with E-state index in [1.807, 2.05) is 12.1 Å². The van der Waals surface area contributed by atoms with Gasteiger partial charge in [0.2, 0.25) is 0 Å². The number of aromatic nitrogens is 2. The van der Waals surface area contributed by atoms with E-state index in [4.69, 9.17) is 11.6 Å². The van der Waals surface area contributed by atoms with Gasteiger partial charge in [-0.05, 0) is 43.2 Å². The highest BCUT2D eigenvalue weighted by Crippen LogP contribution is 2.46. The molecule has 0 radical (unpaired) electrons. The summed E-state index contributed by atoms with van der Waals surface area (Å²) in [6, 6.07) is 4.43. The summed E-state index contributed by atoms with van der Waals surface area (Å²) in [7, 11) is 0. The summed E-state index contributed by atoms with van der Waals surface area (Å²) in [5.41, 5.74) is 2.85. The van der Waals surface area contributed by atoms with Gasteiger partial charge in [0.15, 0.2) is 0 Å². The first-order valence-corrected chi connectivity index (χ1v) is 7.59. The molecular weight excluding hydrogens is 266 g/mol. The van der Waals surface area contributed by atoms with Crippen molar-refractivity contribution in [2.45, 2.75) is 31.7 Å². The Morgan fingerprint density at radius 2 is 2.17 bits per heavy atom. The molecule has 5 heteroatoms. The Balaban J connectivity index is 1.70. The van der Waals surface area contributed by atoms with E-state index < -0.39 is 0 Å². The standard InChI is InChI=1S/C13H14ClN3S/c14-9-3-4-10-13(17-18-16-10)12(9)15-11-6-7-1-2-8(11)5-7/h3-4,7-8,11,15H,1-2,5-6H2. The Morgan fingerprint density at radius 3 is 2.94 bits per heavy atom. The van der Waals surface area contributed by atoms with Gasteiger partial charge in [-0.2, -0.15) is 8.75 Å². The minimum Gasteiger partial charge on any atom is -0.379 e. The van der Waals surface area contributed by atoms with Crippen LogP contribution in [0.2, 0.25) is 5.02 Å². The first-order valence-electron chi connectivity index (χ1n) is 6.48. The second kappa shape index (κ2) is 4.07. The first-order chi connectivity index (χ1) is 8.81. The van der Waals surface area contributed by atoms with Crippen LogP contribution in [0.3, 0.4) is 0 Å². The molecular formula is C13H14ClN3S. The van der Waals surface area contributed by atoms with Crippen LogP contribution in [0.1, 0.15) is 25.7 Å². The van der Waals surface area contributed by atoms with Gasteiger partial charge in [0.05, 0.1) is 22.4 Å². The molecule has 18 heavy (non-hydrogen) atoms. The van der Waals surface area contributed by atoms with Crippen molar-refractivity contribution in [3.05, 3.63) is 17.2 Å². The van der Waals surface area contributed by atoms with E-state index in [1.54, 1.807) is 0 Å². The van der Waals surface area contributed by atoms with Crippen molar-refractivity contribution in [2.75, 3.05) is 5.32 Å². The molecule has 4 rings (SSSR count). The highest BCUT2D eigenvalue weighted by atomic mass is 35.5. The molecule has 2 saturated carbocycles. The lowest BCUT2D eigenvalue weighted by Crippen LogP contribution is -2.26. The topological polar surface area (TPSA) is 37.8 Å². The van der Waals surface area contributed by atoms with E-state index >= 15 is 0 Å². The van der Waals surface area contributed by atoms with Crippen LogP contribution >= 0.6 is 23.3 Å². The van der Waals surface area contributed by atoms with Crippen LogP contribution in [0.15, 0.2) is 12.1 Å². The van der Waals surface area contributed by atoms with Crippen LogP contribution in [-0.4, -0.2) is 14.8 Å². The zero-order valence-electron chi connectivity index (χ0n) is 9.90. The van der Waals surface area contributed by atoms with Crippen LogP contribution in [0.4, 0.5) is 5.69 Å². The molecule has 0 spiro atoms. The minimum atomic E-state index is 0.577. The summed E-state index contributed by atoms with van der Waals surface area (Å²) in [4.78, 5) is 0. The van der Waals surface area contributed by atoms with E-state index in [0.717, 1.165) is 33.6 Å². The predicted molar refractivity (Wildman–Crippen MR) is 75.3 cm³/mol. The van der Waals surface area contributed by atoms with Gasteiger partial charge in [-0.25, -0.2) is 0 Å². The normalized spacial score (nSPS) is 30.2. The van der Waals surface area contributed by atoms with Gasteiger partial charge in [-0.3, -0.25) is 0 Å². The Bertz CT molecular complexity index is 597. The van der Waals surface area contributed by atoms with Crippen molar-refractivity contribution >= 4 is 40.0 Å². The van der Waals surface area contributed by atoms with Crippen LogP contribution in [-0.2, 0) is 0 Å². The second-order valence-corrected chi connectivity index (χ2v) is 6.42. The summed E-state index contributed by atoms with van der Waals surface area (Å²) in [6.07, 6.45) is 5.46. The molecule has 2 bridgehead atoms. The molecule has 2 aliphatic rings.